The third-order valence-electron chi connectivity index (χ3n) is 2.26. The van der Waals surface area contributed by atoms with Gasteiger partial charge in [-0.2, -0.15) is 0 Å². The SMILES string of the molecule is COC(=O)C1=NC(=O)C2C=CC=CC2=C1. The summed E-state index contributed by atoms with van der Waals surface area (Å²) < 4.78 is 4.51. The number of methoxy groups -OCH3 is 1. The summed E-state index contributed by atoms with van der Waals surface area (Å²) in [5.41, 5.74) is 0.839. The number of carbonyl (C=O) groups excluding carboxylic acids is 2. The Kier molecular flexibility index (Phi) is 2.33. The maximum absolute atomic E-state index is 11.5. The molecule has 0 N–H and O–H groups in total. The van der Waals surface area contributed by atoms with Crippen molar-refractivity contribution >= 4 is 17.6 Å². The third-order valence-corrected chi connectivity index (χ3v) is 2.26. The molecule has 1 unspecified atom stereocenters. The molecule has 1 aliphatic heterocycles. The van der Waals surface area contributed by atoms with Crippen molar-refractivity contribution in [2.45, 2.75) is 0 Å². The molecule has 4 nitrogen and oxygen atoms in total. The Balaban J connectivity index is 2.37. The second-order valence-corrected chi connectivity index (χ2v) is 3.19. The van der Waals surface area contributed by atoms with E-state index in [0.29, 0.717) is 0 Å². The smallest absolute Gasteiger partial charge is 0.356 e. The Morgan fingerprint density at radius 1 is 1.47 bits per heavy atom. The molecule has 1 aliphatic carbocycles. The van der Waals surface area contributed by atoms with Crippen LogP contribution in [0.1, 0.15) is 0 Å². The number of ether oxygens (including phenoxy) is 1. The van der Waals surface area contributed by atoms with Gasteiger partial charge in [-0.3, -0.25) is 4.79 Å². The molecule has 0 saturated heterocycles. The van der Waals surface area contributed by atoms with Gasteiger partial charge in [-0.25, -0.2) is 9.79 Å². The van der Waals surface area contributed by atoms with E-state index in [1.165, 1.54) is 7.11 Å². The van der Waals surface area contributed by atoms with Crippen molar-refractivity contribution in [3.63, 3.8) is 0 Å². The normalized spacial score (nSPS) is 23.0. The van der Waals surface area contributed by atoms with Gasteiger partial charge in [-0.1, -0.05) is 24.3 Å². The number of hydrogen-bond donors (Lipinski definition) is 0. The lowest BCUT2D eigenvalue weighted by Gasteiger charge is -2.17. The number of nitrogens with zero attached hydrogens (tertiary/aromatic N) is 1. The van der Waals surface area contributed by atoms with Gasteiger partial charge < -0.3 is 4.74 Å². The van der Waals surface area contributed by atoms with E-state index in [1.54, 1.807) is 24.3 Å². The van der Waals surface area contributed by atoms with Crippen molar-refractivity contribution in [3.05, 3.63) is 36.0 Å². The van der Waals surface area contributed by atoms with Crippen molar-refractivity contribution in [1.82, 2.24) is 0 Å². The van der Waals surface area contributed by atoms with Gasteiger partial charge >= 0.3 is 5.97 Å². The molecule has 76 valence electrons. The molecule has 0 saturated carbocycles. The fourth-order valence-corrected chi connectivity index (χ4v) is 1.51. The van der Waals surface area contributed by atoms with Crippen LogP contribution in [0, 0.1) is 5.92 Å². The molecule has 0 aromatic rings. The molecule has 1 amide bonds. The van der Waals surface area contributed by atoms with Crippen LogP contribution in [-0.4, -0.2) is 24.7 Å². The van der Waals surface area contributed by atoms with Crippen molar-refractivity contribution in [2.24, 2.45) is 10.9 Å². The Morgan fingerprint density at radius 2 is 2.27 bits per heavy atom. The molecular weight excluding hydrogens is 194 g/mol. The standard InChI is InChI=1S/C11H9NO3/c1-15-11(14)9-6-7-4-2-3-5-8(7)10(13)12-9/h2-6,8H,1H3. The summed E-state index contributed by atoms with van der Waals surface area (Å²) in [6.07, 6.45) is 8.73. The molecule has 15 heavy (non-hydrogen) atoms. The molecule has 2 aliphatic rings. The van der Waals surface area contributed by atoms with Crippen LogP contribution in [0.4, 0.5) is 0 Å². The van der Waals surface area contributed by atoms with E-state index in [9.17, 15) is 9.59 Å². The van der Waals surface area contributed by atoms with Crippen molar-refractivity contribution in [2.75, 3.05) is 7.11 Å². The molecule has 0 fully saturated rings. The summed E-state index contributed by atoms with van der Waals surface area (Å²) in [6, 6.07) is 0. The summed E-state index contributed by atoms with van der Waals surface area (Å²) in [4.78, 5) is 26.4. The first-order chi connectivity index (χ1) is 7.22. The van der Waals surface area contributed by atoms with Crippen molar-refractivity contribution < 1.29 is 14.3 Å². The van der Waals surface area contributed by atoms with Gasteiger partial charge in [0.1, 0.15) is 0 Å². The maximum Gasteiger partial charge on any atom is 0.356 e. The molecule has 0 bridgehead atoms. The zero-order valence-electron chi connectivity index (χ0n) is 8.14. The summed E-state index contributed by atoms with van der Waals surface area (Å²) in [5, 5.41) is 0. The van der Waals surface area contributed by atoms with Gasteiger partial charge in [-0.05, 0) is 11.6 Å². The van der Waals surface area contributed by atoms with E-state index in [0.717, 1.165) is 5.57 Å². The Labute approximate surface area is 86.6 Å². The fourth-order valence-electron chi connectivity index (χ4n) is 1.51. The molecule has 4 heteroatoms. The Morgan fingerprint density at radius 3 is 3.00 bits per heavy atom. The lowest BCUT2D eigenvalue weighted by Crippen LogP contribution is -2.25. The van der Waals surface area contributed by atoms with Crippen molar-refractivity contribution in [3.8, 4) is 0 Å². The second-order valence-electron chi connectivity index (χ2n) is 3.19. The third kappa shape index (κ3) is 1.66. The molecule has 1 atom stereocenters. The first-order valence-corrected chi connectivity index (χ1v) is 4.49. The van der Waals surface area contributed by atoms with E-state index in [-0.39, 0.29) is 17.5 Å². The van der Waals surface area contributed by atoms with Gasteiger partial charge in [0.25, 0.3) is 5.91 Å². The predicted octanol–water partition coefficient (Wildman–Crippen LogP) is 0.809. The van der Waals surface area contributed by atoms with Crippen LogP contribution in [0.2, 0.25) is 0 Å². The van der Waals surface area contributed by atoms with Gasteiger partial charge in [0.05, 0.1) is 13.0 Å². The van der Waals surface area contributed by atoms with Crippen LogP contribution in [-0.2, 0) is 14.3 Å². The lowest BCUT2D eigenvalue weighted by atomic mass is 9.91. The van der Waals surface area contributed by atoms with E-state index in [4.69, 9.17) is 0 Å². The Bertz CT molecular complexity index is 441. The minimum atomic E-state index is -0.586. The average Bonchev–Trinajstić information content (AvgIpc) is 2.28. The number of amides is 1. The largest absolute Gasteiger partial charge is 0.464 e. The first kappa shape index (κ1) is 9.58. The average molecular weight is 203 g/mol. The van der Waals surface area contributed by atoms with Crippen LogP contribution in [0.3, 0.4) is 0 Å². The summed E-state index contributed by atoms with van der Waals surface area (Å²) in [6.45, 7) is 0. The number of dihydropyridines is 1. The fraction of sp³-hybridized carbons (Fsp3) is 0.182. The second kappa shape index (κ2) is 3.65. The van der Waals surface area contributed by atoms with E-state index >= 15 is 0 Å². The van der Waals surface area contributed by atoms with E-state index < -0.39 is 5.97 Å². The van der Waals surface area contributed by atoms with Gasteiger partial charge in [0.15, 0.2) is 5.71 Å². The van der Waals surface area contributed by atoms with E-state index in [1.807, 2.05) is 6.08 Å². The topological polar surface area (TPSA) is 55.7 Å². The van der Waals surface area contributed by atoms with Gasteiger partial charge in [0.2, 0.25) is 0 Å². The number of hydrogen-bond acceptors (Lipinski definition) is 3. The summed E-state index contributed by atoms with van der Waals surface area (Å²) in [7, 11) is 1.26. The number of esters is 1. The molecular formula is C11H9NO3. The summed E-state index contributed by atoms with van der Waals surface area (Å²) >= 11 is 0. The quantitative estimate of drug-likeness (QED) is 0.592. The minimum absolute atomic E-state index is 0.0636. The number of aliphatic imine (C=N–C) groups is 1. The number of allylic oxidation sites excluding steroid dienone is 3. The van der Waals surface area contributed by atoms with Gasteiger partial charge in [0, 0.05) is 0 Å². The van der Waals surface area contributed by atoms with Gasteiger partial charge in [-0.15, -0.1) is 0 Å². The van der Waals surface area contributed by atoms with Crippen LogP contribution in [0.5, 0.6) is 0 Å². The van der Waals surface area contributed by atoms with Crippen molar-refractivity contribution in [1.29, 1.82) is 0 Å². The molecule has 0 aromatic heterocycles. The molecule has 0 aromatic carbocycles. The first-order valence-electron chi connectivity index (χ1n) is 4.49. The highest BCUT2D eigenvalue weighted by atomic mass is 16.5. The lowest BCUT2D eigenvalue weighted by molar-refractivity contribution is -0.133. The monoisotopic (exact) mass is 203 g/mol. The summed E-state index contributed by atoms with van der Waals surface area (Å²) in [5.74, 6) is -1.26. The highest BCUT2D eigenvalue weighted by Gasteiger charge is 2.27. The van der Waals surface area contributed by atoms with Crippen LogP contribution < -0.4 is 0 Å². The number of rotatable bonds is 1. The molecule has 0 radical (unpaired) electrons. The highest BCUT2D eigenvalue weighted by molar-refractivity contribution is 6.43. The maximum atomic E-state index is 11.5. The molecule has 0 spiro atoms. The van der Waals surface area contributed by atoms with Crippen LogP contribution in [0.25, 0.3) is 0 Å². The van der Waals surface area contributed by atoms with Crippen LogP contribution in [0.15, 0.2) is 40.9 Å². The zero-order chi connectivity index (χ0) is 10.8. The van der Waals surface area contributed by atoms with Crippen LogP contribution >= 0.6 is 0 Å². The zero-order valence-corrected chi connectivity index (χ0v) is 8.14. The number of carbonyl (C=O) groups is 2. The highest BCUT2D eigenvalue weighted by Crippen LogP contribution is 2.23. The van der Waals surface area contributed by atoms with E-state index in [2.05, 4.69) is 9.73 Å². The molecule has 2 rings (SSSR count). The Hall–Kier alpha value is -1.97. The predicted molar refractivity (Wildman–Crippen MR) is 54.3 cm³/mol. The minimum Gasteiger partial charge on any atom is -0.464 e. The number of fused-ring (bicyclic) bond motifs is 1. The molecule has 1 heterocycles.